The van der Waals surface area contributed by atoms with Gasteiger partial charge in [-0.1, -0.05) is 11.6 Å². The van der Waals surface area contributed by atoms with E-state index in [-0.39, 0.29) is 15.6 Å². The van der Waals surface area contributed by atoms with Crippen LogP contribution in [0.1, 0.15) is 0 Å². The summed E-state index contributed by atoms with van der Waals surface area (Å²) in [5, 5.41) is -0.291. The maximum absolute atomic E-state index is 12.4. The van der Waals surface area contributed by atoms with Crippen LogP contribution < -0.4 is 5.73 Å². The van der Waals surface area contributed by atoms with Gasteiger partial charge in [0.1, 0.15) is 4.60 Å². The third kappa shape index (κ3) is 1.35. The fourth-order valence-corrected chi connectivity index (χ4v) is 0.882. The van der Waals surface area contributed by atoms with Gasteiger partial charge in [0.05, 0.1) is 0 Å². The molecular formula is C4H2BrClFN3. The van der Waals surface area contributed by atoms with Gasteiger partial charge in [0, 0.05) is 0 Å². The van der Waals surface area contributed by atoms with E-state index in [9.17, 15) is 4.39 Å². The van der Waals surface area contributed by atoms with Crippen LogP contribution in [0.15, 0.2) is 4.60 Å². The Hall–Kier alpha value is -0.420. The average Bonchev–Trinajstić information content (AvgIpc) is 1.84. The molecule has 2 N–H and O–H groups in total. The number of nitrogens with zero attached hydrogens (tertiary/aromatic N) is 2. The van der Waals surface area contributed by atoms with Crippen LogP contribution in [-0.2, 0) is 0 Å². The third-order valence-corrected chi connectivity index (χ3v) is 1.62. The van der Waals surface area contributed by atoms with Gasteiger partial charge in [-0.3, -0.25) is 0 Å². The Balaban J connectivity index is 3.28. The molecule has 0 saturated heterocycles. The van der Waals surface area contributed by atoms with Crippen LogP contribution in [0.25, 0.3) is 0 Å². The van der Waals surface area contributed by atoms with E-state index >= 15 is 0 Å². The van der Waals surface area contributed by atoms with E-state index in [0.717, 1.165) is 0 Å². The summed E-state index contributed by atoms with van der Waals surface area (Å²) >= 11 is 8.18. The Bertz CT molecular complexity index is 217. The van der Waals surface area contributed by atoms with E-state index in [0.29, 0.717) is 0 Å². The largest absolute Gasteiger partial charge is 0.381 e. The van der Waals surface area contributed by atoms with E-state index in [1.54, 1.807) is 0 Å². The van der Waals surface area contributed by atoms with Crippen molar-refractivity contribution in [2.24, 2.45) is 0 Å². The predicted molar refractivity (Wildman–Crippen MR) is 39.1 cm³/mol. The van der Waals surface area contributed by atoms with Gasteiger partial charge in [0.2, 0.25) is 0 Å². The second kappa shape index (κ2) is 2.67. The van der Waals surface area contributed by atoms with Crippen molar-refractivity contribution in [1.29, 1.82) is 0 Å². The molecule has 0 amide bonds. The SMILES string of the molecule is Nc1nc(F)c(Cl)nc1Br. The van der Waals surface area contributed by atoms with E-state index in [1.807, 2.05) is 0 Å². The van der Waals surface area contributed by atoms with Crippen molar-refractivity contribution in [3.05, 3.63) is 15.7 Å². The molecule has 0 saturated carbocycles. The highest BCUT2D eigenvalue weighted by atomic mass is 79.9. The zero-order chi connectivity index (χ0) is 7.72. The molecule has 0 bridgehead atoms. The molecule has 0 aliphatic rings. The van der Waals surface area contributed by atoms with Crippen molar-refractivity contribution in [3.8, 4) is 0 Å². The topological polar surface area (TPSA) is 51.8 Å². The highest BCUT2D eigenvalue weighted by molar-refractivity contribution is 9.10. The summed E-state index contributed by atoms with van der Waals surface area (Å²) < 4.78 is 12.6. The predicted octanol–water partition coefficient (Wildman–Crippen LogP) is 1.61. The Morgan fingerprint density at radius 2 is 2.10 bits per heavy atom. The van der Waals surface area contributed by atoms with Crippen molar-refractivity contribution in [3.63, 3.8) is 0 Å². The van der Waals surface area contributed by atoms with Gasteiger partial charge >= 0.3 is 0 Å². The number of halogens is 3. The highest BCUT2D eigenvalue weighted by Crippen LogP contribution is 2.18. The van der Waals surface area contributed by atoms with Gasteiger partial charge in [-0.05, 0) is 15.9 Å². The van der Waals surface area contributed by atoms with Crippen LogP contribution in [0.3, 0.4) is 0 Å². The summed E-state index contributed by atoms with van der Waals surface area (Å²) in [6.45, 7) is 0. The number of anilines is 1. The molecule has 1 aromatic heterocycles. The quantitative estimate of drug-likeness (QED) is 0.731. The lowest BCUT2D eigenvalue weighted by Gasteiger charge is -1.96. The molecule has 0 aliphatic carbocycles. The monoisotopic (exact) mass is 225 g/mol. The van der Waals surface area contributed by atoms with Crippen LogP contribution >= 0.6 is 27.5 Å². The first kappa shape index (κ1) is 7.68. The summed E-state index contributed by atoms with van der Waals surface area (Å²) in [7, 11) is 0. The second-order valence-electron chi connectivity index (χ2n) is 1.48. The van der Waals surface area contributed by atoms with E-state index in [4.69, 9.17) is 17.3 Å². The van der Waals surface area contributed by atoms with Crippen LogP contribution in [-0.4, -0.2) is 9.97 Å². The first-order valence-electron chi connectivity index (χ1n) is 2.25. The maximum atomic E-state index is 12.4. The lowest BCUT2D eigenvalue weighted by Crippen LogP contribution is -1.97. The van der Waals surface area contributed by atoms with E-state index < -0.39 is 5.95 Å². The number of rotatable bonds is 0. The normalized spacial score (nSPS) is 9.90. The van der Waals surface area contributed by atoms with Gasteiger partial charge in [-0.15, -0.1) is 0 Å². The van der Waals surface area contributed by atoms with Crippen LogP contribution in [0.2, 0.25) is 5.15 Å². The van der Waals surface area contributed by atoms with Gasteiger partial charge in [0.25, 0.3) is 5.95 Å². The molecule has 10 heavy (non-hydrogen) atoms. The number of aromatic nitrogens is 2. The van der Waals surface area contributed by atoms with E-state index in [2.05, 4.69) is 25.9 Å². The standard InChI is InChI=1S/C4H2BrClFN3/c5-1-4(8)10-3(7)2(6)9-1/h(H2,8,10). The van der Waals surface area contributed by atoms with Gasteiger partial charge < -0.3 is 5.73 Å². The van der Waals surface area contributed by atoms with Crippen molar-refractivity contribution < 1.29 is 4.39 Å². The minimum Gasteiger partial charge on any atom is -0.381 e. The number of nitrogen functional groups attached to an aromatic ring is 1. The Morgan fingerprint density at radius 1 is 1.50 bits per heavy atom. The summed E-state index contributed by atoms with van der Waals surface area (Å²) in [6.07, 6.45) is 0. The molecule has 0 fully saturated rings. The van der Waals surface area contributed by atoms with Crippen molar-refractivity contribution in [1.82, 2.24) is 9.97 Å². The van der Waals surface area contributed by atoms with Crippen molar-refractivity contribution in [2.45, 2.75) is 0 Å². The molecule has 0 radical (unpaired) electrons. The highest BCUT2D eigenvalue weighted by Gasteiger charge is 2.06. The molecule has 54 valence electrons. The number of nitrogens with two attached hydrogens (primary N) is 1. The zero-order valence-corrected chi connectivity index (χ0v) is 6.95. The molecule has 6 heteroatoms. The Morgan fingerprint density at radius 3 is 2.60 bits per heavy atom. The fraction of sp³-hybridized carbons (Fsp3) is 0. The lowest BCUT2D eigenvalue weighted by molar-refractivity contribution is 0.578. The molecule has 1 aromatic rings. The molecule has 0 aliphatic heterocycles. The summed E-state index contributed by atoms with van der Waals surface area (Å²) in [5.41, 5.74) is 5.17. The first-order valence-corrected chi connectivity index (χ1v) is 3.42. The molecular weight excluding hydrogens is 224 g/mol. The van der Waals surface area contributed by atoms with Crippen LogP contribution in [0.4, 0.5) is 10.2 Å². The van der Waals surface area contributed by atoms with Crippen molar-refractivity contribution >= 4 is 33.3 Å². The molecule has 0 spiro atoms. The number of hydrogen-bond acceptors (Lipinski definition) is 3. The summed E-state index contributed by atoms with van der Waals surface area (Å²) in [4.78, 5) is 6.73. The molecule has 0 atom stereocenters. The van der Waals surface area contributed by atoms with Gasteiger partial charge in [-0.25, -0.2) is 4.98 Å². The Kier molecular flexibility index (Phi) is 2.05. The second-order valence-corrected chi connectivity index (χ2v) is 2.59. The molecule has 0 unspecified atom stereocenters. The summed E-state index contributed by atoms with van der Waals surface area (Å²) in [6, 6.07) is 0. The van der Waals surface area contributed by atoms with E-state index in [1.165, 1.54) is 0 Å². The number of hydrogen-bond donors (Lipinski definition) is 1. The summed E-state index contributed by atoms with van der Waals surface area (Å²) in [5.74, 6) is -0.871. The van der Waals surface area contributed by atoms with Crippen LogP contribution in [0.5, 0.6) is 0 Å². The molecule has 0 aromatic carbocycles. The van der Waals surface area contributed by atoms with Gasteiger partial charge in [0.15, 0.2) is 11.0 Å². The molecule has 1 rings (SSSR count). The average molecular weight is 226 g/mol. The zero-order valence-electron chi connectivity index (χ0n) is 4.61. The minimum atomic E-state index is -0.859. The van der Waals surface area contributed by atoms with Crippen molar-refractivity contribution in [2.75, 3.05) is 5.73 Å². The minimum absolute atomic E-state index is 0.0121. The van der Waals surface area contributed by atoms with Crippen LogP contribution in [0, 0.1) is 5.95 Å². The molecule has 1 heterocycles. The molecule has 3 nitrogen and oxygen atoms in total. The fourth-order valence-electron chi connectivity index (χ4n) is 0.388. The maximum Gasteiger partial charge on any atom is 0.252 e. The Labute approximate surface area is 69.5 Å². The van der Waals surface area contributed by atoms with Gasteiger partial charge in [-0.2, -0.15) is 9.37 Å². The lowest BCUT2D eigenvalue weighted by atomic mass is 10.7. The third-order valence-electron chi connectivity index (χ3n) is 0.797. The first-order chi connectivity index (χ1) is 4.61. The smallest absolute Gasteiger partial charge is 0.252 e.